The summed E-state index contributed by atoms with van der Waals surface area (Å²) in [6.45, 7) is 3.61. The molecule has 0 radical (unpaired) electrons. The van der Waals surface area contributed by atoms with E-state index in [1.807, 2.05) is 25.1 Å². The molecule has 8 nitrogen and oxygen atoms in total. The minimum Gasteiger partial charge on any atom is -0.424 e. The third-order valence-electron chi connectivity index (χ3n) is 5.47. The van der Waals surface area contributed by atoms with Gasteiger partial charge in [0.25, 0.3) is 0 Å². The zero-order chi connectivity index (χ0) is 20.8. The SMILES string of the molecule is CC(c1oc(=O)c2ccccc2c1C1=CCNCC1)n1nc(I)c2c(N)ncnc21. The average Bonchev–Trinajstić information content (AvgIpc) is 3.11. The monoisotopic (exact) mass is 514 g/mol. The molecule has 3 N–H and O–H groups in total. The molecule has 0 bridgehead atoms. The van der Waals surface area contributed by atoms with Crippen LogP contribution >= 0.6 is 22.6 Å². The summed E-state index contributed by atoms with van der Waals surface area (Å²) in [6, 6.07) is 7.22. The zero-order valence-electron chi connectivity index (χ0n) is 16.2. The number of fused-ring (bicyclic) bond motifs is 2. The Kier molecular flexibility index (Phi) is 4.78. The molecule has 5 rings (SSSR count). The number of nitrogen functional groups attached to an aromatic ring is 1. The van der Waals surface area contributed by atoms with Gasteiger partial charge in [0.1, 0.15) is 27.6 Å². The largest absolute Gasteiger partial charge is 0.424 e. The van der Waals surface area contributed by atoms with Crippen molar-refractivity contribution in [1.82, 2.24) is 25.1 Å². The van der Waals surface area contributed by atoms with E-state index in [4.69, 9.17) is 10.2 Å². The van der Waals surface area contributed by atoms with E-state index in [1.165, 1.54) is 6.33 Å². The van der Waals surface area contributed by atoms with Gasteiger partial charge in [-0.2, -0.15) is 5.10 Å². The van der Waals surface area contributed by atoms with Gasteiger partial charge in [0, 0.05) is 12.1 Å². The number of halogens is 1. The third kappa shape index (κ3) is 3.00. The van der Waals surface area contributed by atoms with Crippen molar-refractivity contribution >= 4 is 55.8 Å². The second kappa shape index (κ2) is 7.47. The third-order valence-corrected chi connectivity index (χ3v) is 6.23. The van der Waals surface area contributed by atoms with Gasteiger partial charge >= 0.3 is 5.63 Å². The summed E-state index contributed by atoms with van der Waals surface area (Å²) in [5.41, 5.74) is 8.43. The van der Waals surface area contributed by atoms with Gasteiger partial charge in [0.05, 0.1) is 10.8 Å². The quantitative estimate of drug-likeness (QED) is 0.404. The van der Waals surface area contributed by atoms with Crippen LogP contribution in [0.3, 0.4) is 0 Å². The van der Waals surface area contributed by atoms with E-state index in [1.54, 1.807) is 10.7 Å². The molecular weight excluding hydrogens is 495 g/mol. The summed E-state index contributed by atoms with van der Waals surface area (Å²) >= 11 is 2.13. The molecule has 0 fully saturated rings. The van der Waals surface area contributed by atoms with Gasteiger partial charge in [0.2, 0.25) is 0 Å². The molecule has 1 atom stereocenters. The topological polar surface area (TPSA) is 112 Å². The number of nitrogens with zero attached hydrogens (tertiary/aromatic N) is 4. The Balaban J connectivity index is 1.80. The van der Waals surface area contributed by atoms with Crippen molar-refractivity contribution in [2.75, 3.05) is 18.8 Å². The van der Waals surface area contributed by atoms with Crippen molar-refractivity contribution in [2.24, 2.45) is 0 Å². The van der Waals surface area contributed by atoms with Crippen molar-refractivity contribution in [3.05, 3.63) is 62.1 Å². The van der Waals surface area contributed by atoms with Crippen LogP contribution in [0.15, 0.2) is 45.9 Å². The normalized spacial score (nSPS) is 15.5. The highest BCUT2D eigenvalue weighted by atomic mass is 127. The Hall–Kier alpha value is -2.79. The Morgan fingerprint density at radius 3 is 2.83 bits per heavy atom. The zero-order valence-corrected chi connectivity index (χ0v) is 18.4. The van der Waals surface area contributed by atoms with E-state index in [-0.39, 0.29) is 11.7 Å². The number of anilines is 1. The second-order valence-electron chi connectivity index (χ2n) is 7.23. The number of nitrogens with one attached hydrogen (secondary N) is 1. The van der Waals surface area contributed by atoms with Crippen LogP contribution in [-0.2, 0) is 0 Å². The molecule has 0 saturated carbocycles. The van der Waals surface area contributed by atoms with Crippen LogP contribution in [0.1, 0.15) is 30.7 Å². The van der Waals surface area contributed by atoms with Crippen LogP contribution in [-0.4, -0.2) is 32.8 Å². The van der Waals surface area contributed by atoms with Crippen LogP contribution in [0.5, 0.6) is 0 Å². The van der Waals surface area contributed by atoms with E-state index >= 15 is 0 Å². The number of hydrogen-bond donors (Lipinski definition) is 2. The molecule has 4 aromatic rings. The lowest BCUT2D eigenvalue weighted by molar-refractivity contribution is 0.400. The van der Waals surface area contributed by atoms with Gasteiger partial charge in [-0.1, -0.05) is 24.3 Å². The summed E-state index contributed by atoms with van der Waals surface area (Å²) in [5, 5.41) is 10.2. The number of benzene rings is 1. The first-order valence-corrected chi connectivity index (χ1v) is 10.7. The Morgan fingerprint density at radius 1 is 1.27 bits per heavy atom. The van der Waals surface area contributed by atoms with Gasteiger partial charge in [-0.05, 0) is 59.5 Å². The van der Waals surface area contributed by atoms with Crippen LogP contribution in [0.25, 0.3) is 27.4 Å². The summed E-state index contributed by atoms with van der Waals surface area (Å²) in [5.74, 6) is 0.953. The lowest BCUT2D eigenvalue weighted by atomic mass is 9.92. The molecule has 1 unspecified atom stereocenters. The number of nitrogens with two attached hydrogens (primary N) is 1. The van der Waals surface area contributed by atoms with Crippen LogP contribution in [0, 0.1) is 3.70 Å². The molecule has 0 spiro atoms. The fourth-order valence-electron chi connectivity index (χ4n) is 4.03. The molecule has 1 aliphatic rings. The fourth-order valence-corrected chi connectivity index (χ4v) is 4.78. The second-order valence-corrected chi connectivity index (χ2v) is 8.25. The van der Waals surface area contributed by atoms with Gasteiger partial charge < -0.3 is 15.5 Å². The number of hydrogen-bond acceptors (Lipinski definition) is 7. The molecule has 4 heterocycles. The maximum absolute atomic E-state index is 12.8. The Morgan fingerprint density at radius 2 is 2.07 bits per heavy atom. The molecule has 0 amide bonds. The molecular formula is C21H19IN6O2. The molecule has 1 aromatic carbocycles. The van der Waals surface area contributed by atoms with E-state index in [2.05, 4.69) is 49.1 Å². The maximum atomic E-state index is 12.8. The van der Waals surface area contributed by atoms with E-state index in [9.17, 15) is 4.79 Å². The predicted octanol–water partition coefficient (Wildman–Crippen LogP) is 3.11. The van der Waals surface area contributed by atoms with Gasteiger partial charge in [0.15, 0.2) is 5.65 Å². The number of rotatable bonds is 3. The summed E-state index contributed by atoms with van der Waals surface area (Å²) in [7, 11) is 0. The lowest BCUT2D eigenvalue weighted by Gasteiger charge is -2.21. The van der Waals surface area contributed by atoms with E-state index in [0.29, 0.717) is 31.7 Å². The number of aromatic nitrogens is 4. The van der Waals surface area contributed by atoms with Gasteiger partial charge in [-0.3, -0.25) is 0 Å². The predicted molar refractivity (Wildman–Crippen MR) is 124 cm³/mol. The van der Waals surface area contributed by atoms with Crippen molar-refractivity contribution in [3.8, 4) is 0 Å². The Bertz CT molecular complexity index is 1370. The molecule has 152 valence electrons. The summed E-state index contributed by atoms with van der Waals surface area (Å²) < 4.78 is 8.39. The molecule has 9 heteroatoms. The van der Waals surface area contributed by atoms with Crippen molar-refractivity contribution < 1.29 is 4.42 Å². The smallest absolute Gasteiger partial charge is 0.343 e. The summed E-state index contributed by atoms with van der Waals surface area (Å²) in [4.78, 5) is 21.3. The van der Waals surface area contributed by atoms with Crippen LogP contribution in [0.2, 0.25) is 0 Å². The van der Waals surface area contributed by atoms with Crippen molar-refractivity contribution in [1.29, 1.82) is 0 Å². The molecule has 0 saturated heterocycles. The first-order chi connectivity index (χ1) is 14.6. The highest BCUT2D eigenvalue weighted by molar-refractivity contribution is 14.1. The standard InChI is InChI=1S/C21H19IN6O2/c1-11(28-20-16(18(22)27-28)19(23)25-10-26-20)17-15(12-6-8-24-9-7-12)13-4-2-3-5-14(13)21(29)30-17/h2-6,10-11,24H,7-9H2,1H3,(H2,23,25,26). The fraction of sp³-hybridized carbons (Fsp3) is 0.238. The average molecular weight is 514 g/mol. The highest BCUT2D eigenvalue weighted by Gasteiger charge is 2.26. The highest BCUT2D eigenvalue weighted by Crippen LogP contribution is 2.35. The maximum Gasteiger partial charge on any atom is 0.343 e. The van der Waals surface area contributed by atoms with Crippen LogP contribution < -0.4 is 16.7 Å². The first kappa shape index (κ1) is 19.2. The molecule has 1 aliphatic heterocycles. The molecule has 3 aromatic heterocycles. The van der Waals surface area contributed by atoms with Crippen molar-refractivity contribution in [3.63, 3.8) is 0 Å². The van der Waals surface area contributed by atoms with E-state index in [0.717, 1.165) is 36.0 Å². The van der Waals surface area contributed by atoms with Crippen molar-refractivity contribution in [2.45, 2.75) is 19.4 Å². The van der Waals surface area contributed by atoms with E-state index < -0.39 is 0 Å². The lowest BCUT2D eigenvalue weighted by Crippen LogP contribution is -2.22. The van der Waals surface area contributed by atoms with Gasteiger partial charge in [-0.15, -0.1) is 0 Å². The first-order valence-electron chi connectivity index (χ1n) is 9.66. The van der Waals surface area contributed by atoms with Gasteiger partial charge in [-0.25, -0.2) is 19.4 Å². The molecule has 0 aliphatic carbocycles. The van der Waals surface area contributed by atoms with Crippen LogP contribution in [0.4, 0.5) is 5.82 Å². The minimum absolute atomic E-state index is 0.356. The Labute approximate surface area is 185 Å². The molecule has 30 heavy (non-hydrogen) atoms. The summed E-state index contributed by atoms with van der Waals surface area (Å²) in [6.07, 6.45) is 4.43. The minimum atomic E-state index is -0.367.